The molecule has 0 fully saturated rings. The molecule has 17 heteroatoms. The summed E-state index contributed by atoms with van der Waals surface area (Å²) in [6, 6.07) is 5.94. The third-order valence-electron chi connectivity index (χ3n) is 6.12. The minimum atomic E-state index is -0.152. The van der Waals surface area contributed by atoms with Crippen molar-refractivity contribution in [3.8, 4) is 11.5 Å². The smallest absolute Gasteiger partial charge is 0.329 e. The van der Waals surface area contributed by atoms with E-state index in [0.29, 0.717) is 67.8 Å². The van der Waals surface area contributed by atoms with Crippen LogP contribution >= 0.6 is 69.6 Å². The van der Waals surface area contributed by atoms with E-state index in [1.54, 1.807) is 58.9 Å². The van der Waals surface area contributed by atoms with Gasteiger partial charge < -0.3 is 19.3 Å². The van der Waals surface area contributed by atoms with Crippen LogP contribution in [0.15, 0.2) is 61.7 Å². The standard InChI is InChI=1S/2C15H16Cl3N3O2.Mn/c2*1-2-4-20(15(22)21-5-3-19-10-21)6-7-23-14-12(17)8-11(16)9-13(14)18;/h2*3,5,8-10H,2,4,6-7H2,1H3;. The van der Waals surface area contributed by atoms with Crippen LogP contribution in [0.25, 0.3) is 0 Å². The topological polar surface area (TPSA) is 94.7 Å². The summed E-state index contributed by atoms with van der Waals surface area (Å²) in [7, 11) is 0. The fourth-order valence-electron chi connectivity index (χ4n) is 4.07. The number of benzene rings is 2. The number of hydrogen-bond donors (Lipinski definition) is 0. The molecule has 2 aromatic heterocycles. The molecular formula is C30H32Cl6MnN6O4. The Hall–Kier alpha value is -2.34. The summed E-state index contributed by atoms with van der Waals surface area (Å²) in [6.07, 6.45) is 11.0. The number of nitrogens with zero attached hydrogens (tertiary/aromatic N) is 6. The molecule has 0 saturated carbocycles. The molecule has 0 spiro atoms. The molecule has 2 amide bonds. The number of amides is 2. The van der Waals surface area contributed by atoms with Crippen LogP contribution in [-0.2, 0) is 17.1 Å². The quantitative estimate of drug-likeness (QED) is 0.133. The van der Waals surface area contributed by atoms with E-state index in [2.05, 4.69) is 9.97 Å². The van der Waals surface area contributed by atoms with Gasteiger partial charge in [0.25, 0.3) is 0 Å². The zero-order valence-corrected chi connectivity index (χ0v) is 31.1. The first-order chi connectivity index (χ1) is 22.0. The van der Waals surface area contributed by atoms with Gasteiger partial charge in [-0.1, -0.05) is 83.5 Å². The molecular weight excluding hydrogens is 776 g/mol. The minimum absolute atomic E-state index is 0. The average Bonchev–Trinajstić information content (AvgIpc) is 3.74. The molecule has 1 radical (unpaired) electrons. The predicted octanol–water partition coefficient (Wildman–Crippen LogP) is 9.20. The van der Waals surface area contributed by atoms with Gasteiger partial charge in [-0.15, -0.1) is 0 Å². The third kappa shape index (κ3) is 12.6. The molecule has 0 atom stereocenters. The molecule has 10 nitrogen and oxygen atoms in total. The molecule has 0 aliphatic carbocycles. The van der Waals surface area contributed by atoms with Crippen LogP contribution < -0.4 is 9.47 Å². The van der Waals surface area contributed by atoms with Gasteiger partial charge in [-0.2, -0.15) is 0 Å². The van der Waals surface area contributed by atoms with Gasteiger partial charge in [-0.05, 0) is 37.1 Å². The van der Waals surface area contributed by atoms with Gasteiger partial charge in [-0.25, -0.2) is 19.6 Å². The van der Waals surface area contributed by atoms with Crippen molar-refractivity contribution >= 4 is 81.7 Å². The minimum Gasteiger partial charge on any atom is -0.489 e. The number of rotatable bonds is 12. The van der Waals surface area contributed by atoms with Gasteiger partial charge in [0, 0.05) is 65.0 Å². The number of carbonyl (C=O) groups is 2. The summed E-state index contributed by atoms with van der Waals surface area (Å²) < 4.78 is 14.1. The Morgan fingerprint density at radius 1 is 0.638 bits per heavy atom. The van der Waals surface area contributed by atoms with E-state index in [4.69, 9.17) is 79.1 Å². The summed E-state index contributed by atoms with van der Waals surface area (Å²) in [5, 5.41) is 2.23. The Bertz CT molecular complexity index is 1400. The van der Waals surface area contributed by atoms with Gasteiger partial charge in [0.15, 0.2) is 11.5 Å². The van der Waals surface area contributed by atoms with Crippen LogP contribution in [0.2, 0.25) is 30.1 Å². The van der Waals surface area contributed by atoms with Crippen molar-refractivity contribution in [3.63, 3.8) is 0 Å². The number of carbonyl (C=O) groups excluding carboxylic acids is 2. The van der Waals surface area contributed by atoms with E-state index in [1.807, 2.05) is 13.8 Å². The van der Waals surface area contributed by atoms with E-state index in [1.165, 1.54) is 21.8 Å². The summed E-state index contributed by atoms with van der Waals surface area (Å²) in [5.74, 6) is 0.730. The van der Waals surface area contributed by atoms with E-state index >= 15 is 0 Å². The van der Waals surface area contributed by atoms with E-state index in [-0.39, 0.29) is 42.3 Å². The van der Waals surface area contributed by atoms with Crippen molar-refractivity contribution in [3.05, 3.63) is 91.8 Å². The zero-order valence-electron chi connectivity index (χ0n) is 25.4. The van der Waals surface area contributed by atoms with Gasteiger partial charge >= 0.3 is 12.1 Å². The Kier molecular flexibility index (Phi) is 18.2. The molecule has 2 heterocycles. The average molecular weight is 808 g/mol. The van der Waals surface area contributed by atoms with Gasteiger partial charge in [0.2, 0.25) is 0 Å². The van der Waals surface area contributed by atoms with Crippen LogP contribution in [0.4, 0.5) is 9.59 Å². The van der Waals surface area contributed by atoms with Crippen molar-refractivity contribution in [2.24, 2.45) is 0 Å². The van der Waals surface area contributed by atoms with Gasteiger partial charge in [0.1, 0.15) is 25.9 Å². The van der Waals surface area contributed by atoms with Crippen LogP contribution in [0.5, 0.6) is 11.5 Å². The normalized spacial score (nSPS) is 10.4. The summed E-state index contributed by atoms with van der Waals surface area (Å²) >= 11 is 36.0. The van der Waals surface area contributed by atoms with Crippen LogP contribution in [0.1, 0.15) is 26.7 Å². The second-order valence-electron chi connectivity index (χ2n) is 9.57. The molecule has 47 heavy (non-hydrogen) atoms. The maximum Gasteiger partial charge on any atom is 0.329 e. The Morgan fingerprint density at radius 2 is 0.979 bits per heavy atom. The van der Waals surface area contributed by atoms with Crippen LogP contribution in [-0.4, -0.2) is 80.4 Å². The van der Waals surface area contributed by atoms with E-state index in [9.17, 15) is 9.59 Å². The number of aromatic nitrogens is 4. The van der Waals surface area contributed by atoms with Crippen molar-refractivity contribution in [2.75, 3.05) is 39.4 Å². The number of hydrogen-bond acceptors (Lipinski definition) is 6. The monoisotopic (exact) mass is 805 g/mol. The third-order valence-corrected chi connectivity index (χ3v) is 7.68. The second kappa shape index (κ2) is 20.9. The summed E-state index contributed by atoms with van der Waals surface area (Å²) in [6.45, 7) is 6.57. The maximum atomic E-state index is 12.3. The molecule has 0 saturated heterocycles. The maximum absolute atomic E-state index is 12.3. The summed E-state index contributed by atoms with van der Waals surface area (Å²) in [5.41, 5.74) is 0. The largest absolute Gasteiger partial charge is 0.489 e. The first-order valence-electron chi connectivity index (χ1n) is 14.1. The fourth-order valence-corrected chi connectivity index (χ4v) is 5.92. The fraction of sp³-hybridized carbons (Fsp3) is 0.333. The Morgan fingerprint density at radius 3 is 1.26 bits per heavy atom. The van der Waals surface area contributed by atoms with E-state index < -0.39 is 0 Å². The Balaban J connectivity index is 0.000000320. The van der Waals surface area contributed by atoms with E-state index in [0.717, 1.165) is 12.8 Å². The second-order valence-corrected chi connectivity index (χ2v) is 12.1. The van der Waals surface area contributed by atoms with Gasteiger partial charge in [0.05, 0.1) is 33.2 Å². The summed E-state index contributed by atoms with van der Waals surface area (Å²) in [4.78, 5) is 35.8. The zero-order chi connectivity index (χ0) is 33.6. The van der Waals surface area contributed by atoms with Gasteiger partial charge in [-0.3, -0.25) is 9.13 Å². The molecule has 0 aliphatic heterocycles. The molecule has 0 unspecified atom stereocenters. The van der Waals surface area contributed by atoms with Crippen molar-refractivity contribution in [1.29, 1.82) is 0 Å². The van der Waals surface area contributed by atoms with Crippen LogP contribution in [0.3, 0.4) is 0 Å². The molecule has 4 rings (SSSR count). The van der Waals surface area contributed by atoms with Crippen molar-refractivity contribution in [2.45, 2.75) is 26.7 Å². The first-order valence-corrected chi connectivity index (χ1v) is 16.4. The number of ether oxygens (including phenoxy) is 2. The molecule has 0 N–H and O–H groups in total. The number of halogens is 6. The number of imidazole rings is 2. The Labute approximate surface area is 314 Å². The first kappa shape index (κ1) is 40.8. The predicted molar refractivity (Wildman–Crippen MR) is 184 cm³/mol. The molecule has 2 aromatic carbocycles. The SMILES string of the molecule is CCCN(CCOc1c(Cl)cc(Cl)cc1Cl)C(=O)n1ccnc1.CCCN(CCOc1c(Cl)cc(Cl)cc1Cl)C(=O)n1ccnc1.[Mn]. The van der Waals surface area contributed by atoms with Crippen LogP contribution in [0, 0.1) is 0 Å². The molecule has 4 aromatic rings. The molecule has 0 bridgehead atoms. The molecule has 255 valence electrons. The molecule has 0 aliphatic rings. The van der Waals surface area contributed by atoms with Crippen molar-refractivity contribution in [1.82, 2.24) is 28.9 Å². The van der Waals surface area contributed by atoms with Crippen molar-refractivity contribution < 1.29 is 36.1 Å².